The molecule has 0 aliphatic heterocycles. The fourth-order valence-electron chi connectivity index (χ4n) is 8.22. The number of hydrogen-bond acceptors (Lipinski definition) is 0. The van der Waals surface area contributed by atoms with Gasteiger partial charge in [0.05, 0.1) is 0 Å². The number of fused-ring (bicyclic) bond motifs is 2. The predicted molar refractivity (Wildman–Crippen MR) is 218 cm³/mol. The predicted octanol–water partition coefficient (Wildman–Crippen LogP) is 8.77. The topological polar surface area (TPSA) is 0 Å². The molecule has 0 heterocycles. The van der Waals surface area contributed by atoms with Gasteiger partial charge < -0.3 is 24.8 Å². The van der Waals surface area contributed by atoms with Crippen LogP contribution in [-0.4, -0.2) is 5.43 Å². The molecule has 2 aliphatic carbocycles. The van der Waals surface area contributed by atoms with E-state index in [1.54, 1.807) is 23.3 Å². The van der Waals surface area contributed by atoms with Crippen molar-refractivity contribution in [2.75, 3.05) is 0 Å². The molecule has 0 saturated heterocycles. The normalized spacial score (nSPS) is 14.8. The molecular formula is C48H56Cl2SiZr-2. The molecule has 52 heavy (non-hydrogen) atoms. The van der Waals surface area contributed by atoms with E-state index in [9.17, 15) is 0 Å². The minimum atomic E-state index is 0. The zero-order valence-corrected chi connectivity index (χ0v) is 36.9. The standard InChI is InChI=1S/C24H27.C22H23.C2H6Si.2ClH.Zr/c1-17(2)22-15-21-9-6-10-23(24(21)16-22)20-13-11-19(12-14-20)18-7-4-3-5-8-18;1-16-14-20-8-5-9-21(22(20)15-16)19-12-10-18(11-13-19)17-6-3-2-4-7-17;1-3-2;;;/h6,9-18H,3-5,7-8H2,1-2H3;5,8-15,17H,2-4,6-7H2,1H3;1-2H3;2*1H;/q2*-1;;;;+2/p-2. The van der Waals surface area contributed by atoms with Gasteiger partial charge >= 0.3 is 41.9 Å². The largest absolute Gasteiger partial charge is 1.00 e. The van der Waals surface area contributed by atoms with Crippen LogP contribution in [0.3, 0.4) is 0 Å². The Morgan fingerprint density at radius 1 is 0.577 bits per heavy atom. The maximum atomic E-state index is 2.38. The molecular weight excluding hydrogens is 767 g/mol. The van der Waals surface area contributed by atoms with Crippen molar-refractivity contribution < 1.29 is 48.1 Å². The van der Waals surface area contributed by atoms with E-state index in [0.29, 0.717) is 5.92 Å². The summed E-state index contributed by atoms with van der Waals surface area (Å²) in [5.41, 5.74) is 11.5. The molecule has 0 N–H and O–H groups in total. The Morgan fingerprint density at radius 3 is 1.40 bits per heavy atom. The Hall–Kier alpha value is -2.22. The monoisotopic (exact) mass is 820 g/mol. The smallest absolute Gasteiger partial charge is 0.0162 e. The molecule has 0 amide bonds. The number of aryl methyl sites for hydroxylation is 1. The van der Waals surface area contributed by atoms with Crippen LogP contribution in [0.4, 0.5) is 0 Å². The Bertz CT molecular complexity index is 1980. The molecule has 0 atom stereocenters. The second-order valence-corrected chi connectivity index (χ2v) is 24.9. The third kappa shape index (κ3) is 10.9. The molecule has 0 aromatic heterocycles. The summed E-state index contributed by atoms with van der Waals surface area (Å²) in [6, 6.07) is 41.4. The van der Waals surface area contributed by atoms with Crippen LogP contribution >= 0.6 is 0 Å². The second kappa shape index (κ2) is 20.5. The molecule has 0 radical (unpaired) electrons. The van der Waals surface area contributed by atoms with Crippen LogP contribution in [-0.2, 0) is 23.3 Å². The van der Waals surface area contributed by atoms with Crippen LogP contribution < -0.4 is 24.8 Å². The van der Waals surface area contributed by atoms with Gasteiger partial charge in [-0.2, -0.15) is 12.1 Å². The summed E-state index contributed by atoms with van der Waals surface area (Å²) in [5, 5.41) is 5.50. The first-order valence-electron chi connectivity index (χ1n) is 19.3. The van der Waals surface area contributed by atoms with Crippen LogP contribution in [0.5, 0.6) is 0 Å². The minimum Gasteiger partial charge on any atom is -1.00 e. The molecule has 6 aromatic carbocycles. The Morgan fingerprint density at radius 2 is 0.981 bits per heavy atom. The van der Waals surface area contributed by atoms with E-state index in [0.717, 1.165) is 11.8 Å². The number of benzene rings is 4. The first kappa shape index (κ1) is 42.5. The third-order valence-electron chi connectivity index (χ3n) is 10.9. The van der Waals surface area contributed by atoms with Crippen molar-refractivity contribution in [1.29, 1.82) is 0 Å². The molecule has 272 valence electrons. The van der Waals surface area contributed by atoms with E-state index < -0.39 is 0 Å². The van der Waals surface area contributed by atoms with Crippen molar-refractivity contribution in [2.45, 2.75) is 116 Å². The van der Waals surface area contributed by atoms with Crippen LogP contribution in [0.15, 0.2) is 109 Å². The third-order valence-corrected chi connectivity index (χ3v) is 10.9. The Balaban J connectivity index is 0.000000205. The summed E-state index contributed by atoms with van der Waals surface area (Å²) >= 11 is 1.74. The van der Waals surface area contributed by atoms with Gasteiger partial charge in [0.1, 0.15) is 0 Å². The number of halogens is 2. The van der Waals surface area contributed by atoms with Crippen LogP contribution in [0.2, 0.25) is 13.1 Å². The molecule has 0 unspecified atom stereocenters. The molecule has 0 spiro atoms. The van der Waals surface area contributed by atoms with Gasteiger partial charge in [0.25, 0.3) is 0 Å². The van der Waals surface area contributed by atoms with Gasteiger partial charge in [-0.05, 0) is 65.7 Å². The van der Waals surface area contributed by atoms with Gasteiger partial charge in [0, 0.05) is 0 Å². The maximum absolute atomic E-state index is 2.38. The summed E-state index contributed by atoms with van der Waals surface area (Å²) < 4.78 is 0. The molecule has 8 rings (SSSR count). The average molecular weight is 823 g/mol. The summed E-state index contributed by atoms with van der Waals surface area (Å²) in [5.74, 6) is 2.16. The van der Waals surface area contributed by atoms with Crippen molar-refractivity contribution in [3.8, 4) is 22.3 Å². The minimum absolute atomic E-state index is 0. The van der Waals surface area contributed by atoms with E-state index in [1.165, 1.54) is 130 Å². The molecule has 4 heteroatoms. The first-order chi connectivity index (χ1) is 24.3. The number of hydrogen-bond donors (Lipinski definition) is 0. The van der Waals surface area contributed by atoms with Gasteiger partial charge in [0.15, 0.2) is 0 Å². The fourth-order valence-corrected chi connectivity index (χ4v) is 8.22. The van der Waals surface area contributed by atoms with E-state index in [2.05, 4.69) is 143 Å². The molecule has 2 aliphatic rings. The molecule has 6 aromatic rings. The quantitative estimate of drug-likeness (QED) is 0.121. The first-order valence-corrected chi connectivity index (χ1v) is 25.5. The zero-order chi connectivity index (χ0) is 35.0. The van der Waals surface area contributed by atoms with E-state index >= 15 is 0 Å². The van der Waals surface area contributed by atoms with Gasteiger partial charge in [-0.25, -0.2) is 0 Å². The van der Waals surface area contributed by atoms with E-state index in [-0.39, 0.29) is 30.2 Å². The van der Waals surface area contributed by atoms with Gasteiger partial charge in [0.2, 0.25) is 0 Å². The average Bonchev–Trinajstić information content (AvgIpc) is 3.76. The summed E-state index contributed by atoms with van der Waals surface area (Å²) in [6.07, 6.45) is 13.9. The van der Waals surface area contributed by atoms with E-state index in [4.69, 9.17) is 0 Å². The molecule has 0 nitrogen and oxygen atoms in total. The zero-order valence-electron chi connectivity index (χ0n) is 32.0. The van der Waals surface area contributed by atoms with Gasteiger partial charge in [-0.1, -0.05) is 131 Å². The molecule has 0 bridgehead atoms. The Kier molecular flexibility index (Phi) is 16.7. The van der Waals surface area contributed by atoms with Crippen molar-refractivity contribution >= 4 is 27.0 Å². The molecule has 2 saturated carbocycles. The van der Waals surface area contributed by atoms with Crippen LogP contribution in [0.25, 0.3) is 43.8 Å². The van der Waals surface area contributed by atoms with E-state index in [1.807, 2.05) is 0 Å². The number of rotatable bonds is 5. The van der Waals surface area contributed by atoms with Crippen molar-refractivity contribution in [3.05, 3.63) is 131 Å². The Labute approximate surface area is 342 Å². The van der Waals surface area contributed by atoms with Crippen molar-refractivity contribution in [3.63, 3.8) is 0 Å². The van der Waals surface area contributed by atoms with Crippen molar-refractivity contribution in [1.82, 2.24) is 0 Å². The summed E-state index contributed by atoms with van der Waals surface area (Å²) in [4.78, 5) is 0. The fraction of sp³-hybridized carbons (Fsp3) is 0.375. The van der Waals surface area contributed by atoms with Crippen LogP contribution in [0, 0.1) is 6.92 Å². The second-order valence-electron chi connectivity index (χ2n) is 15.5. The maximum Gasteiger partial charge on any atom is -0.0162 e. The summed E-state index contributed by atoms with van der Waals surface area (Å²) in [7, 11) is 0. The van der Waals surface area contributed by atoms with Crippen LogP contribution in [0.1, 0.15) is 118 Å². The summed E-state index contributed by atoms with van der Waals surface area (Å²) in [6.45, 7) is 11.3. The molecule has 2 fully saturated rings. The van der Waals surface area contributed by atoms with Gasteiger partial charge in [-0.3, -0.25) is 0 Å². The SMILES string of the molecule is CC(C)c1cc2c(-c3ccc(C4CCCCC4)cc3)cccc2[cH-]1.C[Si](C)=[Zr+2].Cc1cc2c(-c3ccc(C4CCCCC4)cc3)cccc2[cH-]1.[Cl-].[Cl-]. The van der Waals surface area contributed by atoms with Crippen molar-refractivity contribution in [2.24, 2.45) is 0 Å². The van der Waals surface area contributed by atoms with Gasteiger partial charge in [-0.15, -0.1) is 69.1 Å².